The van der Waals surface area contributed by atoms with Crippen LogP contribution < -0.4 is 0 Å². The van der Waals surface area contributed by atoms with E-state index in [0.717, 1.165) is 11.5 Å². The van der Waals surface area contributed by atoms with Crippen molar-refractivity contribution in [3.8, 4) is 0 Å². The summed E-state index contributed by atoms with van der Waals surface area (Å²) in [5, 5.41) is 8.54. The fourth-order valence-electron chi connectivity index (χ4n) is 1.23. The highest BCUT2D eigenvalue weighted by Gasteiger charge is 1.97. The molecule has 1 rings (SSSR count). The predicted molar refractivity (Wildman–Crippen MR) is 59.3 cm³/mol. The number of carboxylic acids is 1. The van der Waals surface area contributed by atoms with Crippen molar-refractivity contribution in [2.24, 2.45) is 0 Å². The van der Waals surface area contributed by atoms with E-state index in [-0.39, 0.29) is 6.42 Å². The van der Waals surface area contributed by atoms with Crippen LogP contribution in [0.15, 0.2) is 24.7 Å². The first-order valence-electron chi connectivity index (χ1n) is 5.09. The van der Waals surface area contributed by atoms with Gasteiger partial charge in [0, 0.05) is 30.7 Å². The number of H-pyrrole nitrogens is 1. The first kappa shape index (κ1) is 12.2. The van der Waals surface area contributed by atoms with Crippen molar-refractivity contribution in [3.63, 3.8) is 0 Å². The molecule has 1 aromatic heterocycles. The zero-order chi connectivity index (χ0) is 11.8. The van der Waals surface area contributed by atoms with Crippen LogP contribution in [0.25, 0.3) is 0 Å². The Morgan fingerprint density at radius 1 is 1.50 bits per heavy atom. The van der Waals surface area contributed by atoms with Crippen LogP contribution >= 0.6 is 0 Å². The molecule has 0 bridgehead atoms. The summed E-state index contributed by atoms with van der Waals surface area (Å²) in [6, 6.07) is 1.74. The van der Waals surface area contributed by atoms with Gasteiger partial charge in [-0.1, -0.05) is 0 Å². The SMILES string of the molecule is Cc1ncccncc(CCCC(=O)O)[nH]1. The largest absolute Gasteiger partial charge is 0.481 e. The van der Waals surface area contributed by atoms with Gasteiger partial charge in [0.25, 0.3) is 0 Å². The van der Waals surface area contributed by atoms with Gasteiger partial charge < -0.3 is 10.1 Å². The van der Waals surface area contributed by atoms with Crippen molar-refractivity contribution in [1.29, 1.82) is 0 Å². The molecule has 0 unspecified atom stereocenters. The van der Waals surface area contributed by atoms with Crippen molar-refractivity contribution in [1.82, 2.24) is 15.0 Å². The lowest BCUT2D eigenvalue weighted by atomic mass is 10.2. The number of aromatic amines is 1. The number of nitrogens with one attached hydrogen (secondary N) is 1. The fourth-order valence-corrected chi connectivity index (χ4v) is 1.23. The van der Waals surface area contributed by atoms with E-state index < -0.39 is 5.97 Å². The molecule has 2 N–H and O–H groups in total. The first-order valence-corrected chi connectivity index (χ1v) is 5.09. The van der Waals surface area contributed by atoms with Crippen LogP contribution in [0.1, 0.15) is 24.4 Å². The van der Waals surface area contributed by atoms with E-state index in [4.69, 9.17) is 5.11 Å². The van der Waals surface area contributed by atoms with E-state index in [1.807, 2.05) is 6.92 Å². The minimum atomic E-state index is -0.778. The van der Waals surface area contributed by atoms with Gasteiger partial charge in [0.1, 0.15) is 5.82 Å². The molecule has 5 nitrogen and oxygen atoms in total. The number of aryl methyl sites for hydroxylation is 2. The first-order chi connectivity index (χ1) is 7.68. The average Bonchev–Trinajstić information content (AvgIpc) is 2.30. The number of nitrogens with zero attached hydrogens (tertiary/aromatic N) is 2. The van der Waals surface area contributed by atoms with E-state index >= 15 is 0 Å². The summed E-state index contributed by atoms with van der Waals surface area (Å²) >= 11 is 0. The second kappa shape index (κ2) is 6.55. The minimum absolute atomic E-state index is 0.164. The molecule has 0 amide bonds. The Morgan fingerprint density at radius 3 is 3.06 bits per heavy atom. The van der Waals surface area contributed by atoms with Gasteiger partial charge >= 0.3 is 5.97 Å². The zero-order valence-electron chi connectivity index (χ0n) is 9.18. The highest BCUT2D eigenvalue weighted by Crippen LogP contribution is 1.99. The Labute approximate surface area is 93.9 Å². The third-order valence-electron chi connectivity index (χ3n) is 1.93. The summed E-state index contributed by atoms with van der Waals surface area (Å²) in [7, 11) is 0. The molecule has 0 atom stereocenters. The number of rotatable bonds is 4. The van der Waals surface area contributed by atoms with E-state index in [1.165, 1.54) is 0 Å². The summed E-state index contributed by atoms with van der Waals surface area (Å²) in [6.45, 7) is 1.85. The zero-order valence-corrected chi connectivity index (χ0v) is 9.18. The number of carbonyl (C=O) groups is 1. The Hall–Kier alpha value is -1.91. The third kappa shape index (κ3) is 5.09. The van der Waals surface area contributed by atoms with Crippen LogP contribution in [0.4, 0.5) is 0 Å². The lowest BCUT2D eigenvalue weighted by molar-refractivity contribution is -0.137. The summed E-state index contributed by atoms with van der Waals surface area (Å²) in [5.74, 6) is -0.0115. The Balaban J connectivity index is 2.76. The number of hydrogen-bond donors (Lipinski definition) is 2. The molecular formula is C11H15N3O2. The number of carboxylic acid groups (broad SMARTS) is 1. The Bertz CT molecular complexity index is 400. The van der Waals surface area contributed by atoms with Gasteiger partial charge in [0.05, 0.1) is 0 Å². The van der Waals surface area contributed by atoms with Crippen molar-refractivity contribution in [3.05, 3.63) is 36.2 Å². The number of hydrogen-bond acceptors (Lipinski definition) is 3. The Morgan fingerprint density at radius 2 is 2.31 bits per heavy atom. The predicted octanol–water partition coefficient (Wildman–Crippen LogP) is 1.64. The van der Waals surface area contributed by atoms with E-state index in [2.05, 4.69) is 15.0 Å². The van der Waals surface area contributed by atoms with Crippen molar-refractivity contribution in [2.45, 2.75) is 26.2 Å². The molecule has 0 saturated heterocycles. The molecule has 0 spiro atoms. The molecule has 5 heteroatoms. The summed E-state index contributed by atoms with van der Waals surface area (Å²) in [6.07, 6.45) is 6.38. The maximum absolute atomic E-state index is 10.4. The van der Waals surface area contributed by atoms with Gasteiger partial charge in [-0.05, 0) is 25.8 Å². The maximum Gasteiger partial charge on any atom is 0.303 e. The lowest BCUT2D eigenvalue weighted by Crippen LogP contribution is -1.97. The smallest absolute Gasteiger partial charge is 0.303 e. The molecule has 0 fully saturated rings. The molecule has 86 valence electrons. The topological polar surface area (TPSA) is 78.9 Å². The van der Waals surface area contributed by atoms with Crippen LogP contribution in [0.3, 0.4) is 0 Å². The Kier molecular flexibility index (Phi) is 4.98. The van der Waals surface area contributed by atoms with E-state index in [1.54, 1.807) is 24.7 Å². The lowest BCUT2D eigenvalue weighted by Gasteiger charge is -1.97. The number of aromatic nitrogens is 3. The number of aliphatic carboxylic acids is 1. The fraction of sp³-hybridized carbons (Fsp3) is 0.364. The monoisotopic (exact) mass is 221 g/mol. The minimum Gasteiger partial charge on any atom is -0.481 e. The summed E-state index contributed by atoms with van der Waals surface area (Å²) in [5.41, 5.74) is 0.877. The molecule has 1 heterocycles. The standard InChI is InChI=1S/C11H15N3O2/c1-9-13-7-3-6-12-8-10(14-9)4-2-5-11(15)16/h3,6-8H,2,4-5H2,1H3,(H,13,14)(H,15,16). The third-order valence-corrected chi connectivity index (χ3v) is 1.93. The molecule has 0 radical (unpaired) electrons. The van der Waals surface area contributed by atoms with E-state index in [9.17, 15) is 4.79 Å². The quantitative estimate of drug-likeness (QED) is 0.810. The van der Waals surface area contributed by atoms with Gasteiger partial charge in [0.15, 0.2) is 0 Å². The molecule has 0 aliphatic heterocycles. The second-order valence-corrected chi connectivity index (χ2v) is 3.38. The molecular weight excluding hydrogens is 206 g/mol. The molecule has 0 aromatic carbocycles. The van der Waals surface area contributed by atoms with Crippen molar-refractivity contribution >= 4 is 5.97 Å². The molecule has 0 aliphatic rings. The summed E-state index contributed by atoms with van der Waals surface area (Å²) in [4.78, 5) is 21.6. The van der Waals surface area contributed by atoms with Gasteiger partial charge in [-0.2, -0.15) is 0 Å². The van der Waals surface area contributed by atoms with Crippen LogP contribution in [0.5, 0.6) is 0 Å². The highest BCUT2D eigenvalue weighted by molar-refractivity contribution is 5.66. The molecule has 1 aromatic rings. The molecule has 0 aliphatic carbocycles. The van der Waals surface area contributed by atoms with Crippen LogP contribution in [-0.4, -0.2) is 26.0 Å². The summed E-state index contributed by atoms with van der Waals surface area (Å²) < 4.78 is 0. The van der Waals surface area contributed by atoms with E-state index in [0.29, 0.717) is 12.8 Å². The van der Waals surface area contributed by atoms with Gasteiger partial charge in [-0.25, -0.2) is 4.98 Å². The molecule has 0 saturated carbocycles. The maximum atomic E-state index is 10.4. The van der Waals surface area contributed by atoms with Gasteiger partial charge in [0.2, 0.25) is 0 Å². The van der Waals surface area contributed by atoms with Crippen molar-refractivity contribution in [2.75, 3.05) is 0 Å². The van der Waals surface area contributed by atoms with Crippen LogP contribution in [-0.2, 0) is 11.2 Å². The van der Waals surface area contributed by atoms with Crippen LogP contribution in [0.2, 0.25) is 0 Å². The second-order valence-electron chi connectivity index (χ2n) is 3.38. The highest BCUT2D eigenvalue weighted by atomic mass is 16.4. The normalized spacial score (nSPS) is 9.56. The van der Waals surface area contributed by atoms with Gasteiger partial charge in [-0.15, -0.1) is 0 Å². The molecule has 16 heavy (non-hydrogen) atoms. The van der Waals surface area contributed by atoms with Crippen molar-refractivity contribution < 1.29 is 9.90 Å². The van der Waals surface area contributed by atoms with Crippen LogP contribution in [0, 0.1) is 6.92 Å². The van der Waals surface area contributed by atoms with Gasteiger partial charge in [-0.3, -0.25) is 9.78 Å². The average molecular weight is 221 g/mol.